The van der Waals surface area contributed by atoms with E-state index in [0.29, 0.717) is 18.6 Å². The second kappa shape index (κ2) is 6.96. The molecule has 9 nitrogen and oxygen atoms in total. The molecule has 0 fully saturated rings. The molecular formula is C27H28N6O3. The molecule has 2 atom stereocenters. The summed E-state index contributed by atoms with van der Waals surface area (Å²) in [6.45, 7) is 5.93. The maximum atomic E-state index is 13.5. The lowest BCUT2D eigenvalue weighted by Crippen LogP contribution is -2.26. The lowest BCUT2D eigenvalue weighted by atomic mass is 9.90. The van der Waals surface area contributed by atoms with Gasteiger partial charge in [0.15, 0.2) is 0 Å². The first kappa shape index (κ1) is 21.6. The van der Waals surface area contributed by atoms with Gasteiger partial charge in [0.1, 0.15) is 5.65 Å². The van der Waals surface area contributed by atoms with Gasteiger partial charge >= 0.3 is 5.69 Å². The highest BCUT2D eigenvalue weighted by Gasteiger charge is 2.33. The van der Waals surface area contributed by atoms with Crippen LogP contribution in [0.15, 0.2) is 35.5 Å². The van der Waals surface area contributed by atoms with Gasteiger partial charge in [0.25, 0.3) is 0 Å². The number of rotatable bonds is 3. The molecule has 36 heavy (non-hydrogen) atoms. The quantitative estimate of drug-likeness (QED) is 0.363. The first-order valence-corrected chi connectivity index (χ1v) is 12.3. The van der Waals surface area contributed by atoms with E-state index in [2.05, 4.69) is 29.1 Å². The number of pyridine rings is 1. The minimum atomic E-state index is -0.896. The Morgan fingerprint density at radius 1 is 1.22 bits per heavy atom. The summed E-state index contributed by atoms with van der Waals surface area (Å²) < 4.78 is 5.26. The molecule has 0 radical (unpaired) electrons. The predicted octanol–water partition coefficient (Wildman–Crippen LogP) is 3.42. The van der Waals surface area contributed by atoms with Crippen molar-refractivity contribution in [1.82, 2.24) is 28.9 Å². The Balaban J connectivity index is 1.60. The number of H-pyrrole nitrogens is 1. The third-order valence-electron chi connectivity index (χ3n) is 7.81. The number of aliphatic hydroxyl groups is 2. The van der Waals surface area contributed by atoms with Gasteiger partial charge in [-0.2, -0.15) is 5.10 Å². The summed E-state index contributed by atoms with van der Waals surface area (Å²) in [5.41, 5.74) is 8.27. The van der Waals surface area contributed by atoms with Gasteiger partial charge in [-0.05, 0) is 55.9 Å². The van der Waals surface area contributed by atoms with Crippen LogP contribution in [0, 0.1) is 0 Å². The third kappa shape index (κ3) is 2.81. The SMILES string of the molecule is CC1c2cc3c(cc2-c2c(-c4cnn(CC(C)(C)O)c4)[nH]c4ncc5c(c24)n1c(=O)n5C)CCC3O. The Hall–Kier alpha value is -3.69. The van der Waals surface area contributed by atoms with Crippen LogP contribution >= 0.6 is 0 Å². The Kier molecular flexibility index (Phi) is 4.17. The number of aromatic amines is 1. The van der Waals surface area contributed by atoms with Crippen molar-refractivity contribution in [3.63, 3.8) is 0 Å². The third-order valence-corrected chi connectivity index (χ3v) is 7.81. The van der Waals surface area contributed by atoms with Crippen LogP contribution in [0.25, 0.3) is 44.5 Å². The van der Waals surface area contributed by atoms with Gasteiger partial charge in [-0.3, -0.25) is 13.8 Å². The predicted molar refractivity (Wildman–Crippen MR) is 137 cm³/mol. The number of fused-ring (bicyclic) bond motifs is 3. The number of nitrogens with zero attached hydrogens (tertiary/aromatic N) is 5. The molecule has 2 aliphatic rings. The van der Waals surface area contributed by atoms with Crippen molar-refractivity contribution in [3.8, 4) is 22.4 Å². The largest absolute Gasteiger partial charge is 0.389 e. The number of imidazole rings is 1. The average Bonchev–Trinajstić information content (AvgIpc) is 3.55. The minimum absolute atomic E-state index is 0.0904. The van der Waals surface area contributed by atoms with Crippen molar-refractivity contribution in [3.05, 3.63) is 57.9 Å². The molecule has 0 bridgehead atoms. The minimum Gasteiger partial charge on any atom is -0.389 e. The summed E-state index contributed by atoms with van der Waals surface area (Å²) in [5, 5.41) is 26.4. The van der Waals surface area contributed by atoms with Crippen LogP contribution in [0.4, 0.5) is 0 Å². The van der Waals surface area contributed by atoms with Gasteiger partial charge in [-0.15, -0.1) is 0 Å². The molecular weight excluding hydrogens is 456 g/mol. The summed E-state index contributed by atoms with van der Waals surface area (Å²) in [4.78, 5) is 21.7. The zero-order valence-electron chi connectivity index (χ0n) is 20.7. The molecule has 5 aromatic rings. The Bertz CT molecular complexity index is 1780. The lowest BCUT2D eigenvalue weighted by molar-refractivity contribution is 0.0577. The van der Waals surface area contributed by atoms with Crippen LogP contribution < -0.4 is 5.69 Å². The zero-order chi connectivity index (χ0) is 25.1. The van der Waals surface area contributed by atoms with E-state index in [0.717, 1.165) is 61.9 Å². The molecule has 4 aromatic heterocycles. The Morgan fingerprint density at radius 2 is 2.03 bits per heavy atom. The Morgan fingerprint density at radius 3 is 2.81 bits per heavy atom. The van der Waals surface area contributed by atoms with Crippen LogP contribution in [0.2, 0.25) is 0 Å². The molecule has 2 unspecified atom stereocenters. The van der Waals surface area contributed by atoms with Gasteiger partial charge in [0.05, 0.1) is 58.8 Å². The molecule has 0 saturated carbocycles. The van der Waals surface area contributed by atoms with E-state index in [1.54, 1.807) is 42.5 Å². The van der Waals surface area contributed by atoms with Crippen molar-refractivity contribution in [2.24, 2.45) is 7.05 Å². The van der Waals surface area contributed by atoms with Crippen molar-refractivity contribution in [2.75, 3.05) is 0 Å². The fraction of sp³-hybridized carbons (Fsp3) is 0.370. The maximum Gasteiger partial charge on any atom is 0.329 e. The fourth-order valence-corrected chi connectivity index (χ4v) is 6.15. The van der Waals surface area contributed by atoms with E-state index >= 15 is 0 Å². The summed E-state index contributed by atoms with van der Waals surface area (Å²) in [6, 6.07) is 4.07. The number of hydrogen-bond acceptors (Lipinski definition) is 5. The van der Waals surface area contributed by atoms with Crippen LogP contribution in [-0.2, 0) is 20.0 Å². The lowest BCUT2D eigenvalue weighted by Gasteiger charge is -2.19. The summed E-state index contributed by atoms with van der Waals surface area (Å²) in [6.07, 6.45) is 6.53. The van der Waals surface area contributed by atoms with Crippen molar-refractivity contribution < 1.29 is 10.2 Å². The molecule has 1 aliphatic heterocycles. The van der Waals surface area contributed by atoms with Crippen molar-refractivity contribution in [2.45, 2.75) is 57.9 Å². The highest BCUT2D eigenvalue weighted by molar-refractivity contribution is 6.15. The van der Waals surface area contributed by atoms with Gasteiger partial charge < -0.3 is 15.2 Å². The van der Waals surface area contributed by atoms with E-state index in [1.807, 2.05) is 10.8 Å². The van der Waals surface area contributed by atoms with Crippen LogP contribution in [0.1, 0.15) is 56.0 Å². The highest BCUT2D eigenvalue weighted by atomic mass is 16.3. The maximum absolute atomic E-state index is 13.5. The van der Waals surface area contributed by atoms with E-state index in [1.165, 1.54) is 0 Å². The molecule has 7 rings (SSSR count). The highest BCUT2D eigenvalue weighted by Crippen LogP contribution is 2.48. The van der Waals surface area contributed by atoms with Gasteiger partial charge in [-0.1, -0.05) is 12.1 Å². The standard InChI is InChI=1S/C27H28N6O3/c1-13-16-8-17-14(5-6-20(17)34)7-18(16)21-22-24-19(31(4)26(35)33(13)24)10-28-25(22)30-23(21)15-9-29-32(11-15)12-27(2,3)36/h7-11,13,20,34,36H,5-6,12H2,1-4H3,(H,28,30). The summed E-state index contributed by atoms with van der Waals surface area (Å²) in [5.74, 6) is 0. The van der Waals surface area contributed by atoms with Crippen molar-refractivity contribution >= 4 is 22.1 Å². The van der Waals surface area contributed by atoms with E-state index in [-0.39, 0.29) is 11.7 Å². The normalized spacial score (nSPS) is 18.8. The summed E-state index contributed by atoms with van der Waals surface area (Å²) in [7, 11) is 1.78. The number of nitrogens with one attached hydrogen (secondary N) is 1. The van der Waals surface area contributed by atoms with E-state index in [9.17, 15) is 15.0 Å². The first-order chi connectivity index (χ1) is 17.1. The van der Waals surface area contributed by atoms with Gasteiger partial charge in [0, 0.05) is 24.4 Å². The Labute approximate surface area is 206 Å². The number of hydrogen-bond donors (Lipinski definition) is 3. The first-order valence-electron chi connectivity index (χ1n) is 12.3. The summed E-state index contributed by atoms with van der Waals surface area (Å²) >= 11 is 0. The smallest absolute Gasteiger partial charge is 0.329 e. The number of aromatic nitrogens is 6. The molecule has 0 spiro atoms. The van der Waals surface area contributed by atoms with E-state index < -0.39 is 11.7 Å². The topological polar surface area (TPSA) is 114 Å². The molecule has 184 valence electrons. The van der Waals surface area contributed by atoms with E-state index in [4.69, 9.17) is 4.98 Å². The van der Waals surface area contributed by atoms with Gasteiger partial charge in [-0.25, -0.2) is 9.78 Å². The number of benzene rings is 1. The van der Waals surface area contributed by atoms with Gasteiger partial charge in [0.2, 0.25) is 0 Å². The second-order valence-corrected chi connectivity index (χ2v) is 10.9. The number of aliphatic hydroxyl groups excluding tert-OH is 1. The molecule has 0 amide bonds. The molecule has 3 N–H and O–H groups in total. The van der Waals surface area contributed by atoms with Crippen LogP contribution in [0.3, 0.4) is 0 Å². The molecule has 5 heterocycles. The molecule has 9 heteroatoms. The monoisotopic (exact) mass is 484 g/mol. The molecule has 0 saturated heterocycles. The number of aryl methyl sites for hydroxylation is 2. The second-order valence-electron chi connectivity index (χ2n) is 10.9. The molecule has 1 aliphatic carbocycles. The average molecular weight is 485 g/mol. The molecule has 1 aromatic carbocycles. The zero-order valence-corrected chi connectivity index (χ0v) is 20.7. The van der Waals surface area contributed by atoms with Crippen LogP contribution in [0.5, 0.6) is 0 Å². The van der Waals surface area contributed by atoms with Crippen LogP contribution in [-0.4, -0.2) is 44.7 Å². The fourth-order valence-electron chi connectivity index (χ4n) is 6.15. The van der Waals surface area contributed by atoms with Crippen molar-refractivity contribution in [1.29, 1.82) is 0 Å².